The highest BCUT2D eigenvalue weighted by atomic mass is 32.2. The van der Waals surface area contributed by atoms with E-state index in [-0.39, 0.29) is 0 Å². The van der Waals surface area contributed by atoms with Crippen molar-refractivity contribution in [2.45, 2.75) is 10.8 Å². The van der Waals surface area contributed by atoms with Crippen molar-refractivity contribution >= 4 is 22.8 Å². The Balaban J connectivity index is 1.82. The minimum Gasteiger partial charge on any atom is -0.234 e. The lowest BCUT2D eigenvalue weighted by molar-refractivity contribution is 0.723. The molecule has 3 nitrogen and oxygen atoms in total. The second-order valence-corrected chi connectivity index (χ2v) is 4.68. The van der Waals surface area contributed by atoms with Gasteiger partial charge in [0.25, 0.3) is 0 Å². The zero-order valence-corrected chi connectivity index (χ0v) is 9.97. The summed E-state index contributed by atoms with van der Waals surface area (Å²) in [5.41, 5.74) is 2.03. The van der Waals surface area contributed by atoms with Crippen LogP contribution in [-0.4, -0.2) is 15.0 Å². The Morgan fingerprint density at radius 1 is 0.941 bits per heavy atom. The van der Waals surface area contributed by atoms with Crippen LogP contribution in [0.1, 0.15) is 0 Å². The van der Waals surface area contributed by atoms with Gasteiger partial charge < -0.3 is 0 Å². The largest absolute Gasteiger partial charge is 0.234 e. The molecule has 0 bridgehead atoms. The number of benzene rings is 2. The van der Waals surface area contributed by atoms with Crippen LogP contribution in [0.15, 0.2) is 59.5 Å². The van der Waals surface area contributed by atoms with E-state index < -0.39 is 0 Å². The van der Waals surface area contributed by atoms with Gasteiger partial charge in [0, 0.05) is 4.90 Å². The average Bonchev–Trinajstić information content (AvgIpc) is 2.81. The summed E-state index contributed by atoms with van der Waals surface area (Å²) < 4.78 is 1.92. The van der Waals surface area contributed by atoms with Crippen molar-refractivity contribution in [1.29, 1.82) is 0 Å². The van der Waals surface area contributed by atoms with Gasteiger partial charge in [-0.2, -0.15) is 0 Å². The number of hydrogen-bond acceptors (Lipinski definition) is 3. The predicted molar refractivity (Wildman–Crippen MR) is 69.8 cm³/mol. The first kappa shape index (κ1) is 10.4. The van der Waals surface area contributed by atoms with Gasteiger partial charge in [-0.15, -0.1) is 16.9 Å². The maximum Gasteiger partial charge on any atom is 0.113 e. The molecule has 2 aromatic carbocycles. The highest BCUT2D eigenvalue weighted by molar-refractivity contribution is 7.98. The van der Waals surface area contributed by atoms with Gasteiger partial charge in [-0.25, -0.2) is 4.68 Å². The fourth-order valence-corrected chi connectivity index (χ4v) is 2.48. The van der Waals surface area contributed by atoms with E-state index in [1.54, 1.807) is 11.8 Å². The summed E-state index contributed by atoms with van der Waals surface area (Å²) in [4.78, 5) is 1.24. The molecular formula is C13H11N3S. The molecule has 0 spiro atoms. The summed E-state index contributed by atoms with van der Waals surface area (Å²) in [5, 5.41) is 8.29. The van der Waals surface area contributed by atoms with E-state index in [1.165, 1.54) is 4.90 Å². The van der Waals surface area contributed by atoms with Crippen molar-refractivity contribution in [3.63, 3.8) is 0 Å². The molecule has 1 aromatic heterocycles. The third kappa shape index (κ3) is 2.17. The molecule has 0 amide bonds. The van der Waals surface area contributed by atoms with Crippen LogP contribution < -0.4 is 0 Å². The molecule has 4 heteroatoms. The molecule has 0 saturated heterocycles. The van der Waals surface area contributed by atoms with Crippen LogP contribution in [0.4, 0.5) is 0 Å². The molecule has 0 aliphatic heterocycles. The van der Waals surface area contributed by atoms with Gasteiger partial charge in [0.2, 0.25) is 0 Å². The molecule has 3 aromatic rings. The lowest BCUT2D eigenvalue weighted by Crippen LogP contribution is -1.96. The fourth-order valence-electron chi connectivity index (χ4n) is 1.67. The number of aromatic nitrogens is 3. The highest BCUT2D eigenvalue weighted by Gasteiger charge is 2.02. The average molecular weight is 241 g/mol. The first-order chi connectivity index (χ1) is 8.43. The van der Waals surface area contributed by atoms with Crippen molar-refractivity contribution in [1.82, 2.24) is 15.0 Å². The lowest BCUT2D eigenvalue weighted by atomic mass is 10.3. The van der Waals surface area contributed by atoms with Crippen molar-refractivity contribution in [2.75, 3.05) is 0 Å². The molecule has 0 aliphatic carbocycles. The molecule has 17 heavy (non-hydrogen) atoms. The summed E-state index contributed by atoms with van der Waals surface area (Å²) in [6.07, 6.45) is 0. The molecule has 84 valence electrons. The highest BCUT2D eigenvalue weighted by Crippen LogP contribution is 2.20. The van der Waals surface area contributed by atoms with E-state index in [0.29, 0.717) is 0 Å². The second kappa shape index (κ2) is 4.59. The van der Waals surface area contributed by atoms with E-state index in [0.717, 1.165) is 16.9 Å². The quantitative estimate of drug-likeness (QED) is 0.660. The van der Waals surface area contributed by atoms with Crippen LogP contribution in [-0.2, 0) is 5.88 Å². The summed E-state index contributed by atoms with van der Waals surface area (Å²) >= 11 is 1.75. The molecular weight excluding hydrogens is 230 g/mol. The van der Waals surface area contributed by atoms with Crippen molar-refractivity contribution < 1.29 is 0 Å². The van der Waals surface area contributed by atoms with Crippen LogP contribution >= 0.6 is 11.8 Å². The summed E-state index contributed by atoms with van der Waals surface area (Å²) in [5.74, 6) is 0.782. The number of rotatable bonds is 3. The monoisotopic (exact) mass is 241 g/mol. The standard InChI is InChI=1S/C13H11N3S/c1-2-6-11(7-3-1)17-10-16-13-9-5-4-8-12(13)14-15-16/h1-9H,10H2. The lowest BCUT2D eigenvalue weighted by Gasteiger charge is -2.01. The molecule has 0 fully saturated rings. The Bertz CT molecular complexity index is 619. The topological polar surface area (TPSA) is 30.7 Å². The number of thioether (sulfide) groups is 1. The van der Waals surface area contributed by atoms with Crippen LogP contribution in [0, 0.1) is 0 Å². The van der Waals surface area contributed by atoms with Crippen LogP contribution in [0.5, 0.6) is 0 Å². The molecule has 3 rings (SSSR count). The van der Waals surface area contributed by atoms with Crippen molar-refractivity contribution in [3.05, 3.63) is 54.6 Å². The van der Waals surface area contributed by atoms with E-state index in [1.807, 2.05) is 47.1 Å². The number of nitrogens with zero attached hydrogens (tertiary/aromatic N) is 3. The summed E-state index contributed by atoms with van der Waals surface area (Å²) in [6.45, 7) is 0. The van der Waals surface area contributed by atoms with Crippen LogP contribution in [0.3, 0.4) is 0 Å². The molecule has 0 aliphatic rings. The summed E-state index contributed by atoms with van der Waals surface area (Å²) in [6, 6.07) is 18.3. The van der Waals surface area contributed by atoms with Gasteiger partial charge in [0.1, 0.15) is 5.52 Å². The zero-order valence-electron chi connectivity index (χ0n) is 9.15. The predicted octanol–water partition coefficient (Wildman–Crippen LogP) is 3.18. The fraction of sp³-hybridized carbons (Fsp3) is 0.0769. The normalized spacial score (nSPS) is 10.8. The van der Waals surface area contributed by atoms with Crippen molar-refractivity contribution in [3.8, 4) is 0 Å². The molecule has 0 saturated carbocycles. The second-order valence-electron chi connectivity index (χ2n) is 3.66. The molecule has 1 heterocycles. The van der Waals surface area contributed by atoms with Crippen LogP contribution in [0.2, 0.25) is 0 Å². The van der Waals surface area contributed by atoms with E-state index in [9.17, 15) is 0 Å². The Hall–Kier alpha value is -1.81. The third-order valence-electron chi connectivity index (χ3n) is 2.52. The maximum atomic E-state index is 4.16. The Kier molecular flexibility index (Phi) is 2.80. The van der Waals surface area contributed by atoms with Gasteiger partial charge in [-0.1, -0.05) is 35.5 Å². The first-order valence-corrected chi connectivity index (χ1v) is 6.38. The number of hydrogen-bond donors (Lipinski definition) is 0. The van der Waals surface area contributed by atoms with Crippen molar-refractivity contribution in [2.24, 2.45) is 0 Å². The van der Waals surface area contributed by atoms with Gasteiger partial charge in [-0.05, 0) is 24.3 Å². The Morgan fingerprint density at radius 3 is 2.59 bits per heavy atom. The van der Waals surface area contributed by atoms with Gasteiger partial charge in [0.05, 0.1) is 11.4 Å². The minimum atomic E-state index is 0.782. The van der Waals surface area contributed by atoms with Gasteiger partial charge in [0.15, 0.2) is 0 Å². The molecule has 0 atom stereocenters. The van der Waals surface area contributed by atoms with Gasteiger partial charge in [-0.3, -0.25) is 0 Å². The zero-order chi connectivity index (χ0) is 11.5. The molecule has 0 radical (unpaired) electrons. The van der Waals surface area contributed by atoms with E-state index in [4.69, 9.17) is 0 Å². The maximum absolute atomic E-state index is 4.16. The molecule has 0 N–H and O–H groups in total. The number of para-hydroxylation sites is 1. The SMILES string of the molecule is c1ccc(SCn2nnc3ccccc32)cc1. The van der Waals surface area contributed by atoms with Crippen LogP contribution in [0.25, 0.3) is 11.0 Å². The minimum absolute atomic E-state index is 0.782. The summed E-state index contributed by atoms with van der Waals surface area (Å²) in [7, 11) is 0. The Morgan fingerprint density at radius 2 is 1.71 bits per heavy atom. The van der Waals surface area contributed by atoms with E-state index in [2.05, 4.69) is 22.4 Å². The number of fused-ring (bicyclic) bond motifs is 1. The molecule has 0 unspecified atom stereocenters. The third-order valence-corrected chi connectivity index (χ3v) is 3.50. The van der Waals surface area contributed by atoms with Gasteiger partial charge >= 0.3 is 0 Å². The Labute approximate surface area is 103 Å². The smallest absolute Gasteiger partial charge is 0.113 e. The van der Waals surface area contributed by atoms with E-state index >= 15 is 0 Å². The first-order valence-electron chi connectivity index (χ1n) is 5.39.